The highest BCUT2D eigenvalue weighted by molar-refractivity contribution is 9.10. The molecule has 1 saturated heterocycles. The number of amides is 1. The van der Waals surface area contributed by atoms with Crippen molar-refractivity contribution >= 4 is 33.6 Å². The van der Waals surface area contributed by atoms with Crippen molar-refractivity contribution in [1.82, 2.24) is 4.90 Å². The molecule has 1 aliphatic rings. The standard InChI is InChI=1S/C14H14BrNO3S/c15-13-4-3-11(19-13)14(17)16-6-5-12(20-9-7-16)10-2-1-8-18-10/h1-4,8,12H,5-7,9H2/t12-/m1/s1. The molecular formula is C14H14BrNO3S. The highest BCUT2D eigenvalue weighted by Crippen LogP contribution is 2.34. The Bertz CT molecular complexity index is 581. The van der Waals surface area contributed by atoms with E-state index in [4.69, 9.17) is 8.83 Å². The highest BCUT2D eigenvalue weighted by atomic mass is 79.9. The largest absolute Gasteiger partial charge is 0.468 e. The molecule has 0 N–H and O–H groups in total. The summed E-state index contributed by atoms with van der Waals surface area (Å²) in [4.78, 5) is 14.2. The van der Waals surface area contributed by atoms with E-state index < -0.39 is 0 Å². The third-order valence-electron chi connectivity index (χ3n) is 3.27. The predicted molar refractivity (Wildman–Crippen MR) is 80.8 cm³/mol. The smallest absolute Gasteiger partial charge is 0.289 e. The zero-order valence-electron chi connectivity index (χ0n) is 10.8. The minimum atomic E-state index is -0.0450. The number of rotatable bonds is 2. The minimum absolute atomic E-state index is 0.0450. The lowest BCUT2D eigenvalue weighted by atomic mass is 10.2. The topological polar surface area (TPSA) is 46.6 Å². The molecule has 1 amide bonds. The van der Waals surface area contributed by atoms with Gasteiger partial charge in [-0.2, -0.15) is 0 Å². The quantitative estimate of drug-likeness (QED) is 0.817. The number of nitrogens with zero attached hydrogens (tertiary/aromatic N) is 1. The summed E-state index contributed by atoms with van der Waals surface area (Å²) in [5, 5.41) is 0.325. The van der Waals surface area contributed by atoms with Gasteiger partial charge >= 0.3 is 0 Å². The molecule has 20 heavy (non-hydrogen) atoms. The van der Waals surface area contributed by atoms with Crippen LogP contribution < -0.4 is 0 Å². The fourth-order valence-electron chi connectivity index (χ4n) is 2.26. The molecule has 3 heterocycles. The fraction of sp³-hybridized carbons (Fsp3) is 0.357. The van der Waals surface area contributed by atoms with Gasteiger partial charge in [-0.15, -0.1) is 11.8 Å². The van der Waals surface area contributed by atoms with Gasteiger partial charge in [-0.25, -0.2) is 0 Å². The van der Waals surface area contributed by atoms with Crippen molar-refractivity contribution in [2.24, 2.45) is 0 Å². The average Bonchev–Trinajstić information content (AvgIpc) is 3.05. The number of carbonyl (C=O) groups excluding carboxylic acids is 1. The summed E-state index contributed by atoms with van der Waals surface area (Å²) in [6, 6.07) is 7.35. The van der Waals surface area contributed by atoms with Gasteiger partial charge in [0.05, 0.1) is 11.5 Å². The van der Waals surface area contributed by atoms with Crippen LogP contribution in [-0.2, 0) is 0 Å². The number of hydrogen-bond donors (Lipinski definition) is 0. The van der Waals surface area contributed by atoms with Crippen LogP contribution >= 0.6 is 27.7 Å². The summed E-state index contributed by atoms with van der Waals surface area (Å²) in [6.07, 6.45) is 2.59. The molecule has 0 radical (unpaired) electrons. The average molecular weight is 356 g/mol. The summed E-state index contributed by atoms with van der Waals surface area (Å²) in [5.74, 6) is 2.23. The maximum absolute atomic E-state index is 12.3. The van der Waals surface area contributed by atoms with Gasteiger partial charge in [0.15, 0.2) is 10.4 Å². The van der Waals surface area contributed by atoms with Crippen LogP contribution in [0.3, 0.4) is 0 Å². The molecule has 106 valence electrons. The maximum Gasteiger partial charge on any atom is 0.289 e. The summed E-state index contributed by atoms with van der Waals surface area (Å²) in [7, 11) is 0. The molecular weight excluding hydrogens is 342 g/mol. The third kappa shape index (κ3) is 2.96. The molecule has 1 fully saturated rings. The third-order valence-corrected chi connectivity index (χ3v) is 4.99. The van der Waals surface area contributed by atoms with Crippen LogP contribution in [0.5, 0.6) is 0 Å². The molecule has 1 atom stereocenters. The van der Waals surface area contributed by atoms with E-state index >= 15 is 0 Å². The number of halogens is 1. The van der Waals surface area contributed by atoms with Crippen LogP contribution in [0.2, 0.25) is 0 Å². The van der Waals surface area contributed by atoms with Gasteiger partial charge in [-0.05, 0) is 46.6 Å². The first kappa shape index (κ1) is 13.8. The molecule has 2 aromatic heterocycles. The molecule has 0 unspecified atom stereocenters. The Kier molecular flexibility index (Phi) is 4.21. The van der Waals surface area contributed by atoms with E-state index in [0.717, 1.165) is 31.0 Å². The molecule has 0 aliphatic carbocycles. The molecule has 0 bridgehead atoms. The Morgan fingerprint density at radius 2 is 2.25 bits per heavy atom. The Balaban J connectivity index is 1.66. The zero-order chi connectivity index (χ0) is 13.9. The molecule has 0 spiro atoms. The second-order valence-electron chi connectivity index (χ2n) is 4.56. The van der Waals surface area contributed by atoms with Crippen molar-refractivity contribution in [3.05, 3.63) is 46.7 Å². The molecule has 0 saturated carbocycles. The summed E-state index contributed by atoms with van der Waals surface area (Å²) < 4.78 is 11.4. The molecule has 4 nitrogen and oxygen atoms in total. The maximum atomic E-state index is 12.3. The van der Waals surface area contributed by atoms with E-state index in [0.29, 0.717) is 15.7 Å². The van der Waals surface area contributed by atoms with Crippen molar-refractivity contribution in [2.45, 2.75) is 11.7 Å². The van der Waals surface area contributed by atoms with E-state index in [1.54, 1.807) is 18.4 Å². The van der Waals surface area contributed by atoms with E-state index in [2.05, 4.69) is 15.9 Å². The first-order valence-corrected chi connectivity index (χ1v) is 8.28. The van der Waals surface area contributed by atoms with Crippen LogP contribution in [0.1, 0.15) is 28.0 Å². The van der Waals surface area contributed by atoms with Crippen molar-refractivity contribution in [3.8, 4) is 0 Å². The van der Waals surface area contributed by atoms with Crippen LogP contribution in [0, 0.1) is 0 Å². The van der Waals surface area contributed by atoms with Crippen LogP contribution in [0.15, 0.2) is 44.0 Å². The summed E-state index contributed by atoms with van der Waals surface area (Å²) in [6.45, 7) is 1.45. The Hall–Kier alpha value is -1.14. The van der Waals surface area contributed by atoms with Crippen LogP contribution in [-0.4, -0.2) is 29.6 Å². The lowest BCUT2D eigenvalue weighted by molar-refractivity contribution is 0.0732. The SMILES string of the molecule is O=C(c1ccc(Br)o1)N1CCS[C@@H](c2ccco2)CC1. The Morgan fingerprint density at radius 3 is 2.95 bits per heavy atom. The molecule has 2 aromatic rings. The van der Waals surface area contributed by atoms with E-state index in [1.165, 1.54) is 0 Å². The van der Waals surface area contributed by atoms with Crippen LogP contribution in [0.25, 0.3) is 0 Å². The zero-order valence-corrected chi connectivity index (χ0v) is 13.2. The Labute approximate surface area is 129 Å². The minimum Gasteiger partial charge on any atom is -0.468 e. The van der Waals surface area contributed by atoms with Crippen LogP contribution in [0.4, 0.5) is 0 Å². The lowest BCUT2D eigenvalue weighted by Crippen LogP contribution is -2.32. The van der Waals surface area contributed by atoms with Gasteiger partial charge in [-0.1, -0.05) is 0 Å². The molecule has 0 aromatic carbocycles. The summed E-state index contributed by atoms with van der Waals surface area (Å²) >= 11 is 5.06. The van der Waals surface area contributed by atoms with Gasteiger partial charge in [0.1, 0.15) is 5.76 Å². The van der Waals surface area contributed by atoms with Crippen molar-refractivity contribution in [1.29, 1.82) is 0 Å². The number of furan rings is 2. The molecule has 1 aliphatic heterocycles. The van der Waals surface area contributed by atoms with E-state index in [9.17, 15) is 4.79 Å². The lowest BCUT2D eigenvalue weighted by Gasteiger charge is -2.18. The normalized spacial score (nSPS) is 19.9. The van der Waals surface area contributed by atoms with Gasteiger partial charge in [0, 0.05) is 18.8 Å². The van der Waals surface area contributed by atoms with Gasteiger partial charge in [-0.3, -0.25) is 4.79 Å². The number of hydrogen-bond acceptors (Lipinski definition) is 4. The highest BCUT2D eigenvalue weighted by Gasteiger charge is 2.25. The van der Waals surface area contributed by atoms with E-state index in [-0.39, 0.29) is 5.91 Å². The van der Waals surface area contributed by atoms with Crippen molar-refractivity contribution < 1.29 is 13.6 Å². The second kappa shape index (κ2) is 6.10. The summed E-state index contributed by atoms with van der Waals surface area (Å²) in [5.41, 5.74) is 0. The van der Waals surface area contributed by atoms with Gasteiger partial charge < -0.3 is 13.7 Å². The van der Waals surface area contributed by atoms with Gasteiger partial charge in [0.25, 0.3) is 5.91 Å². The number of thioether (sulfide) groups is 1. The Morgan fingerprint density at radius 1 is 1.35 bits per heavy atom. The predicted octanol–water partition coefficient (Wildman–Crippen LogP) is 3.96. The van der Waals surface area contributed by atoms with E-state index in [1.807, 2.05) is 28.8 Å². The molecule has 6 heteroatoms. The first-order chi connectivity index (χ1) is 9.74. The van der Waals surface area contributed by atoms with Gasteiger partial charge in [0.2, 0.25) is 0 Å². The monoisotopic (exact) mass is 355 g/mol. The second-order valence-corrected chi connectivity index (χ2v) is 6.65. The van der Waals surface area contributed by atoms with Crippen molar-refractivity contribution in [2.75, 3.05) is 18.8 Å². The van der Waals surface area contributed by atoms with Crippen molar-refractivity contribution in [3.63, 3.8) is 0 Å². The fourth-order valence-corrected chi connectivity index (χ4v) is 3.75. The first-order valence-electron chi connectivity index (χ1n) is 6.43. The number of carbonyl (C=O) groups is 1. The molecule has 3 rings (SSSR count).